The number of rotatable bonds is 5. The van der Waals surface area contributed by atoms with E-state index in [-0.39, 0.29) is 35.5 Å². The standard InChI is InChI=1S/C20H26N4O4/c1-14(2)12-24-19(26)16-7-5-4-6-15(16)18(21-24)20(27)22(3)13-17(25)23-8-10-28-11-9-23/h4-7,14H,8-13H2,1-3H3. The van der Waals surface area contributed by atoms with Gasteiger partial charge in [-0.3, -0.25) is 14.4 Å². The van der Waals surface area contributed by atoms with Crippen molar-refractivity contribution in [3.05, 3.63) is 40.3 Å². The van der Waals surface area contributed by atoms with Crippen LogP contribution < -0.4 is 5.56 Å². The van der Waals surface area contributed by atoms with E-state index in [4.69, 9.17) is 4.74 Å². The van der Waals surface area contributed by atoms with E-state index in [1.807, 2.05) is 13.8 Å². The normalized spacial score (nSPS) is 14.5. The predicted molar refractivity (Wildman–Crippen MR) is 105 cm³/mol. The largest absolute Gasteiger partial charge is 0.378 e. The molecule has 3 rings (SSSR count). The fourth-order valence-corrected chi connectivity index (χ4v) is 3.23. The van der Waals surface area contributed by atoms with Crippen LogP contribution in [0.5, 0.6) is 0 Å². The first kappa shape index (κ1) is 20.0. The molecule has 8 nitrogen and oxygen atoms in total. The lowest BCUT2D eigenvalue weighted by molar-refractivity contribution is -0.135. The van der Waals surface area contributed by atoms with Gasteiger partial charge in [0.1, 0.15) is 0 Å². The molecule has 1 aliphatic rings. The zero-order valence-electron chi connectivity index (χ0n) is 16.6. The van der Waals surface area contributed by atoms with E-state index in [1.54, 1.807) is 36.2 Å². The summed E-state index contributed by atoms with van der Waals surface area (Å²) in [5.41, 5.74) is -0.0268. The number of benzene rings is 1. The quantitative estimate of drug-likeness (QED) is 0.765. The van der Waals surface area contributed by atoms with Crippen molar-refractivity contribution in [2.75, 3.05) is 39.9 Å². The van der Waals surface area contributed by atoms with Gasteiger partial charge < -0.3 is 14.5 Å². The van der Waals surface area contributed by atoms with Gasteiger partial charge >= 0.3 is 0 Å². The average molecular weight is 386 g/mol. The van der Waals surface area contributed by atoms with Crippen molar-refractivity contribution in [1.82, 2.24) is 19.6 Å². The Balaban J connectivity index is 1.90. The Kier molecular flexibility index (Phi) is 6.08. The van der Waals surface area contributed by atoms with E-state index in [9.17, 15) is 14.4 Å². The lowest BCUT2D eigenvalue weighted by Crippen LogP contribution is -2.46. The predicted octanol–water partition coefficient (Wildman–Crippen LogP) is 0.983. The Morgan fingerprint density at radius 1 is 1.18 bits per heavy atom. The zero-order chi connectivity index (χ0) is 20.3. The van der Waals surface area contributed by atoms with E-state index in [0.717, 1.165) is 0 Å². The van der Waals surface area contributed by atoms with Crippen molar-refractivity contribution in [1.29, 1.82) is 0 Å². The van der Waals surface area contributed by atoms with Crippen molar-refractivity contribution in [3.63, 3.8) is 0 Å². The van der Waals surface area contributed by atoms with Crippen LogP contribution in [0, 0.1) is 5.92 Å². The molecule has 1 aromatic heterocycles. The minimum absolute atomic E-state index is 0.0435. The first-order valence-electron chi connectivity index (χ1n) is 9.49. The van der Waals surface area contributed by atoms with Crippen LogP contribution in [0.3, 0.4) is 0 Å². The molecular weight excluding hydrogens is 360 g/mol. The first-order chi connectivity index (χ1) is 13.4. The zero-order valence-corrected chi connectivity index (χ0v) is 16.6. The van der Waals surface area contributed by atoms with Crippen molar-refractivity contribution in [2.24, 2.45) is 5.92 Å². The minimum Gasteiger partial charge on any atom is -0.378 e. The van der Waals surface area contributed by atoms with Crippen LogP contribution >= 0.6 is 0 Å². The lowest BCUT2D eigenvalue weighted by atomic mass is 10.1. The minimum atomic E-state index is -0.379. The smallest absolute Gasteiger partial charge is 0.275 e. The highest BCUT2D eigenvalue weighted by Crippen LogP contribution is 2.15. The van der Waals surface area contributed by atoms with Crippen LogP contribution in [0.4, 0.5) is 0 Å². The number of hydrogen-bond acceptors (Lipinski definition) is 5. The molecule has 0 atom stereocenters. The SMILES string of the molecule is CC(C)Cn1nc(C(=O)N(C)CC(=O)N2CCOCC2)c2ccccc2c1=O. The maximum atomic E-state index is 13.1. The number of aromatic nitrogens is 2. The van der Waals surface area contributed by atoms with Crippen LogP contribution in [0.25, 0.3) is 10.8 Å². The molecule has 2 amide bonds. The monoisotopic (exact) mass is 386 g/mol. The van der Waals surface area contributed by atoms with E-state index < -0.39 is 0 Å². The summed E-state index contributed by atoms with van der Waals surface area (Å²) in [6.45, 7) is 6.42. The van der Waals surface area contributed by atoms with Gasteiger partial charge in [-0.05, 0) is 12.0 Å². The molecule has 0 bridgehead atoms. The van der Waals surface area contributed by atoms with Gasteiger partial charge in [-0.15, -0.1) is 0 Å². The first-order valence-corrected chi connectivity index (χ1v) is 9.49. The molecule has 2 aromatic rings. The Bertz CT molecular complexity index is 931. The van der Waals surface area contributed by atoms with Gasteiger partial charge in [0, 0.05) is 32.1 Å². The second-order valence-electron chi connectivity index (χ2n) is 7.43. The molecule has 1 saturated heterocycles. The van der Waals surface area contributed by atoms with Crippen LogP contribution in [0.15, 0.2) is 29.1 Å². The molecule has 2 heterocycles. The maximum Gasteiger partial charge on any atom is 0.275 e. The molecule has 8 heteroatoms. The van der Waals surface area contributed by atoms with E-state index in [0.29, 0.717) is 43.6 Å². The number of carbonyl (C=O) groups is 2. The highest BCUT2D eigenvalue weighted by atomic mass is 16.5. The number of morpholine rings is 1. The van der Waals surface area contributed by atoms with Gasteiger partial charge in [-0.2, -0.15) is 5.10 Å². The number of hydrogen-bond donors (Lipinski definition) is 0. The highest BCUT2D eigenvalue weighted by Gasteiger charge is 2.24. The van der Waals surface area contributed by atoms with E-state index >= 15 is 0 Å². The molecule has 1 fully saturated rings. The van der Waals surface area contributed by atoms with Crippen molar-refractivity contribution in [2.45, 2.75) is 20.4 Å². The number of carbonyl (C=O) groups excluding carboxylic acids is 2. The second kappa shape index (κ2) is 8.52. The van der Waals surface area contributed by atoms with Crippen molar-refractivity contribution in [3.8, 4) is 0 Å². The molecule has 0 aliphatic carbocycles. The lowest BCUT2D eigenvalue weighted by Gasteiger charge is -2.28. The van der Waals surface area contributed by atoms with Crippen LogP contribution in [0.1, 0.15) is 24.3 Å². The van der Waals surface area contributed by atoms with Crippen LogP contribution in [-0.4, -0.2) is 71.3 Å². The average Bonchev–Trinajstić information content (AvgIpc) is 2.70. The number of likely N-dealkylation sites (N-methyl/N-ethyl adjacent to an activating group) is 1. The fraction of sp³-hybridized carbons (Fsp3) is 0.500. The number of ether oxygens (including phenoxy) is 1. The van der Waals surface area contributed by atoms with E-state index in [1.165, 1.54) is 9.58 Å². The van der Waals surface area contributed by atoms with Gasteiger partial charge in [0.25, 0.3) is 11.5 Å². The van der Waals surface area contributed by atoms with Gasteiger partial charge in [-0.1, -0.05) is 32.0 Å². The molecule has 0 spiro atoms. The van der Waals surface area contributed by atoms with Gasteiger partial charge in [0.2, 0.25) is 5.91 Å². The summed E-state index contributed by atoms with van der Waals surface area (Å²) in [5.74, 6) is -0.302. The molecule has 0 unspecified atom stereocenters. The molecule has 1 aromatic carbocycles. The number of amides is 2. The summed E-state index contributed by atoms with van der Waals surface area (Å²) < 4.78 is 6.60. The maximum absolute atomic E-state index is 13.1. The van der Waals surface area contributed by atoms with Crippen LogP contribution in [0.2, 0.25) is 0 Å². The number of fused-ring (bicyclic) bond motifs is 1. The topological polar surface area (TPSA) is 84.7 Å². The van der Waals surface area contributed by atoms with Crippen molar-refractivity contribution < 1.29 is 14.3 Å². The highest BCUT2D eigenvalue weighted by molar-refractivity contribution is 6.05. The van der Waals surface area contributed by atoms with Gasteiger partial charge in [0.05, 0.1) is 25.1 Å². The molecule has 28 heavy (non-hydrogen) atoms. The second-order valence-corrected chi connectivity index (χ2v) is 7.43. The van der Waals surface area contributed by atoms with Crippen molar-refractivity contribution >= 4 is 22.6 Å². The summed E-state index contributed by atoms with van der Waals surface area (Å²) >= 11 is 0. The molecule has 1 aliphatic heterocycles. The van der Waals surface area contributed by atoms with Gasteiger partial charge in [0.15, 0.2) is 5.69 Å². The summed E-state index contributed by atoms with van der Waals surface area (Å²) in [6.07, 6.45) is 0. The molecule has 0 saturated carbocycles. The summed E-state index contributed by atoms with van der Waals surface area (Å²) in [6, 6.07) is 6.95. The van der Waals surface area contributed by atoms with Crippen LogP contribution in [-0.2, 0) is 16.1 Å². The van der Waals surface area contributed by atoms with E-state index in [2.05, 4.69) is 5.10 Å². The Morgan fingerprint density at radius 2 is 1.82 bits per heavy atom. The Morgan fingerprint density at radius 3 is 2.46 bits per heavy atom. The molecule has 0 radical (unpaired) electrons. The third-order valence-electron chi connectivity index (χ3n) is 4.69. The third-order valence-corrected chi connectivity index (χ3v) is 4.69. The molecular formula is C20H26N4O4. The molecule has 0 N–H and O–H groups in total. The number of nitrogens with zero attached hydrogens (tertiary/aromatic N) is 4. The Hall–Kier alpha value is -2.74. The Labute approximate surface area is 163 Å². The summed E-state index contributed by atoms with van der Waals surface area (Å²) in [4.78, 5) is 41.3. The summed E-state index contributed by atoms with van der Waals surface area (Å²) in [7, 11) is 1.58. The fourth-order valence-electron chi connectivity index (χ4n) is 3.23. The van der Waals surface area contributed by atoms with Gasteiger partial charge in [-0.25, -0.2) is 4.68 Å². The summed E-state index contributed by atoms with van der Waals surface area (Å²) in [5, 5.41) is 5.31. The third kappa shape index (κ3) is 4.22. The molecule has 150 valence electrons.